The third kappa shape index (κ3) is 3.37. The van der Waals surface area contributed by atoms with Crippen LogP contribution in [0.25, 0.3) is 0 Å². The molecule has 2 atom stereocenters. The van der Waals surface area contributed by atoms with Crippen molar-refractivity contribution < 1.29 is 9.53 Å². The molecule has 0 saturated heterocycles. The van der Waals surface area contributed by atoms with E-state index in [1.165, 1.54) is 25.7 Å². The Morgan fingerprint density at radius 1 is 1.25 bits per heavy atom. The first-order valence-electron chi connectivity index (χ1n) is 9.22. The van der Waals surface area contributed by atoms with Gasteiger partial charge in [-0.15, -0.1) is 0 Å². The number of nitrogens with zero attached hydrogens (tertiary/aromatic N) is 1. The van der Waals surface area contributed by atoms with Gasteiger partial charge in [0.05, 0.1) is 0 Å². The lowest BCUT2D eigenvalue weighted by Crippen LogP contribution is -2.52. The van der Waals surface area contributed by atoms with Gasteiger partial charge in [-0.3, -0.25) is 4.79 Å². The molecule has 1 saturated carbocycles. The van der Waals surface area contributed by atoms with E-state index in [-0.39, 0.29) is 11.8 Å². The third-order valence-corrected chi connectivity index (χ3v) is 5.43. The first-order chi connectivity index (χ1) is 11.7. The molecule has 1 aliphatic heterocycles. The molecule has 0 aromatic heterocycles. The zero-order chi connectivity index (χ0) is 17.0. The van der Waals surface area contributed by atoms with E-state index < -0.39 is 5.60 Å². The summed E-state index contributed by atoms with van der Waals surface area (Å²) in [6.07, 6.45) is 9.30. The molecule has 1 aliphatic carbocycles. The second-order valence-corrected chi connectivity index (χ2v) is 7.28. The predicted octanol–water partition coefficient (Wildman–Crippen LogP) is 5.45. The number of ether oxygens (including phenoxy) is 1. The number of carbonyl (C=O) groups excluding carboxylic acids is 1. The molecule has 0 amide bonds. The van der Waals surface area contributed by atoms with Crippen LogP contribution in [0.3, 0.4) is 0 Å². The van der Waals surface area contributed by atoms with Crippen LogP contribution in [0.1, 0.15) is 70.3 Å². The standard InChI is InChI=1S/C20H26ClNO2/c1-2-3-4-5-6-13-18-22-17-12-9-14-20(24-18,19(17)23)15-10-7-8-11-16(15)21/h7-8,10-11,17H,2-6,9,12-14H2,1H3. The number of aliphatic imine (C=N–C) groups is 1. The van der Waals surface area contributed by atoms with Crippen LogP contribution in [0.4, 0.5) is 0 Å². The number of fused-ring (bicyclic) bond motifs is 2. The van der Waals surface area contributed by atoms with Crippen LogP contribution in [-0.4, -0.2) is 17.7 Å². The Bertz CT molecular complexity index is 628. The minimum absolute atomic E-state index is 0.0802. The molecule has 1 fully saturated rings. The minimum Gasteiger partial charge on any atom is -0.462 e. The highest BCUT2D eigenvalue weighted by Crippen LogP contribution is 2.44. The summed E-state index contributed by atoms with van der Waals surface area (Å²) in [4.78, 5) is 17.6. The molecular formula is C20H26ClNO2. The van der Waals surface area contributed by atoms with Crippen molar-refractivity contribution in [2.24, 2.45) is 4.99 Å². The molecule has 4 heteroatoms. The van der Waals surface area contributed by atoms with Gasteiger partial charge in [0, 0.05) is 17.0 Å². The summed E-state index contributed by atoms with van der Waals surface area (Å²) < 4.78 is 6.25. The van der Waals surface area contributed by atoms with Crippen LogP contribution >= 0.6 is 11.6 Å². The van der Waals surface area contributed by atoms with Gasteiger partial charge in [0.2, 0.25) is 5.78 Å². The maximum Gasteiger partial charge on any atom is 0.205 e. The lowest BCUT2D eigenvalue weighted by atomic mass is 9.75. The summed E-state index contributed by atoms with van der Waals surface area (Å²) in [6.45, 7) is 2.22. The zero-order valence-corrected chi connectivity index (χ0v) is 15.1. The van der Waals surface area contributed by atoms with Crippen molar-refractivity contribution in [3.63, 3.8) is 0 Å². The number of halogens is 1. The molecule has 2 unspecified atom stereocenters. The van der Waals surface area contributed by atoms with Crippen molar-refractivity contribution in [2.75, 3.05) is 0 Å². The number of hydrogen-bond donors (Lipinski definition) is 0. The monoisotopic (exact) mass is 347 g/mol. The Balaban J connectivity index is 1.79. The number of hydrogen-bond acceptors (Lipinski definition) is 3. The molecule has 3 rings (SSSR count). The molecular weight excluding hydrogens is 322 g/mol. The van der Waals surface area contributed by atoms with Crippen LogP contribution in [0.5, 0.6) is 0 Å². The van der Waals surface area contributed by atoms with Crippen molar-refractivity contribution >= 4 is 23.3 Å². The SMILES string of the molecule is CCCCCCCC1=NC2CCCC(c3ccccc3Cl)(O1)C2=O. The molecule has 3 nitrogen and oxygen atoms in total. The Labute approximate surface area is 149 Å². The third-order valence-electron chi connectivity index (χ3n) is 5.10. The topological polar surface area (TPSA) is 38.7 Å². The lowest BCUT2D eigenvalue weighted by Gasteiger charge is -2.42. The van der Waals surface area contributed by atoms with Crippen LogP contribution in [0.15, 0.2) is 29.3 Å². The van der Waals surface area contributed by atoms with E-state index in [0.29, 0.717) is 11.4 Å². The van der Waals surface area contributed by atoms with Crippen LogP contribution in [0, 0.1) is 0 Å². The molecule has 1 aromatic carbocycles. The summed E-state index contributed by atoms with van der Waals surface area (Å²) in [5.74, 6) is 0.826. The van der Waals surface area contributed by atoms with E-state index in [9.17, 15) is 4.79 Å². The molecule has 1 heterocycles. The normalized spacial score (nSPS) is 26.0. The van der Waals surface area contributed by atoms with Crippen molar-refractivity contribution in [2.45, 2.75) is 76.4 Å². The van der Waals surface area contributed by atoms with Gasteiger partial charge in [0.15, 0.2) is 11.5 Å². The first-order valence-corrected chi connectivity index (χ1v) is 9.60. The second kappa shape index (κ2) is 7.69. The summed E-state index contributed by atoms with van der Waals surface area (Å²) >= 11 is 6.40. The van der Waals surface area contributed by atoms with E-state index in [4.69, 9.17) is 16.3 Å². The maximum absolute atomic E-state index is 13.0. The summed E-state index contributed by atoms with van der Waals surface area (Å²) in [7, 11) is 0. The molecule has 2 aliphatic rings. The Kier molecular flexibility index (Phi) is 5.60. The molecule has 0 spiro atoms. The molecule has 130 valence electrons. The Hall–Kier alpha value is -1.35. The smallest absolute Gasteiger partial charge is 0.205 e. The van der Waals surface area contributed by atoms with Crippen LogP contribution in [0.2, 0.25) is 5.02 Å². The highest BCUT2D eigenvalue weighted by molar-refractivity contribution is 6.31. The maximum atomic E-state index is 13.0. The molecule has 1 aromatic rings. The summed E-state index contributed by atoms with van der Waals surface area (Å²) in [6, 6.07) is 7.31. The average molecular weight is 348 g/mol. The predicted molar refractivity (Wildman–Crippen MR) is 97.7 cm³/mol. The fraction of sp³-hybridized carbons (Fsp3) is 0.600. The molecule has 0 N–H and O–H groups in total. The minimum atomic E-state index is -0.915. The number of Topliss-reactive ketones (excluding diaryl/α,β-unsaturated/α-hetero) is 1. The van der Waals surface area contributed by atoms with Crippen molar-refractivity contribution in [1.29, 1.82) is 0 Å². The van der Waals surface area contributed by atoms with Gasteiger partial charge in [-0.25, -0.2) is 4.99 Å². The van der Waals surface area contributed by atoms with E-state index in [2.05, 4.69) is 11.9 Å². The van der Waals surface area contributed by atoms with Gasteiger partial charge in [-0.1, -0.05) is 62.4 Å². The van der Waals surface area contributed by atoms with Gasteiger partial charge in [0.25, 0.3) is 0 Å². The van der Waals surface area contributed by atoms with Gasteiger partial charge < -0.3 is 4.74 Å². The van der Waals surface area contributed by atoms with Crippen molar-refractivity contribution in [1.82, 2.24) is 0 Å². The van der Waals surface area contributed by atoms with Gasteiger partial charge >= 0.3 is 0 Å². The van der Waals surface area contributed by atoms with E-state index in [1.54, 1.807) is 0 Å². The van der Waals surface area contributed by atoms with Crippen molar-refractivity contribution in [3.05, 3.63) is 34.9 Å². The molecule has 24 heavy (non-hydrogen) atoms. The summed E-state index contributed by atoms with van der Waals surface area (Å²) in [5.41, 5.74) is -0.110. The fourth-order valence-electron chi connectivity index (χ4n) is 3.80. The zero-order valence-electron chi connectivity index (χ0n) is 14.4. The van der Waals surface area contributed by atoms with Gasteiger partial charge in [-0.2, -0.15) is 0 Å². The fourth-order valence-corrected chi connectivity index (χ4v) is 4.09. The number of unbranched alkanes of at least 4 members (excludes halogenated alkanes) is 4. The van der Waals surface area contributed by atoms with Gasteiger partial charge in [-0.05, 0) is 31.7 Å². The average Bonchev–Trinajstić information content (AvgIpc) is 2.56. The Morgan fingerprint density at radius 3 is 2.83 bits per heavy atom. The van der Waals surface area contributed by atoms with Crippen LogP contribution in [-0.2, 0) is 15.1 Å². The van der Waals surface area contributed by atoms with Crippen LogP contribution < -0.4 is 0 Å². The quantitative estimate of drug-likeness (QED) is 0.615. The van der Waals surface area contributed by atoms with Gasteiger partial charge in [0.1, 0.15) is 6.04 Å². The molecule has 0 radical (unpaired) electrons. The first kappa shape index (κ1) is 17.5. The largest absolute Gasteiger partial charge is 0.462 e. The van der Waals surface area contributed by atoms with E-state index in [1.807, 2.05) is 24.3 Å². The lowest BCUT2D eigenvalue weighted by molar-refractivity contribution is -0.144. The van der Waals surface area contributed by atoms with Crippen molar-refractivity contribution in [3.8, 4) is 0 Å². The van der Waals surface area contributed by atoms with E-state index >= 15 is 0 Å². The van der Waals surface area contributed by atoms with E-state index in [0.717, 1.165) is 37.1 Å². The second-order valence-electron chi connectivity index (χ2n) is 6.87. The highest BCUT2D eigenvalue weighted by Gasteiger charge is 2.52. The summed E-state index contributed by atoms with van der Waals surface area (Å²) in [5, 5.41) is 0.607. The number of benzene rings is 1. The number of ketones is 1. The molecule has 2 bridgehead atoms. The Morgan fingerprint density at radius 2 is 2.04 bits per heavy atom. The highest BCUT2D eigenvalue weighted by atomic mass is 35.5. The number of rotatable bonds is 7. The number of carbonyl (C=O) groups is 1.